The first kappa shape index (κ1) is 18.3. The standard InChI is InChI=1S/C19H20O6/c1-12(16(20)13-8-6-5-7-9-13)25-19(21)14-10-11-15(22-2)18(24-4)17(14)23-3/h5-12H,1-4H3. The zero-order valence-electron chi connectivity index (χ0n) is 14.6. The highest BCUT2D eigenvalue weighted by Crippen LogP contribution is 2.40. The minimum absolute atomic E-state index is 0.146. The Labute approximate surface area is 146 Å². The number of benzene rings is 2. The van der Waals surface area contributed by atoms with Crippen LogP contribution in [0, 0.1) is 0 Å². The Morgan fingerprint density at radius 2 is 1.48 bits per heavy atom. The molecule has 1 atom stereocenters. The zero-order valence-corrected chi connectivity index (χ0v) is 14.6. The van der Waals surface area contributed by atoms with Crippen LogP contribution in [0.1, 0.15) is 27.6 Å². The summed E-state index contributed by atoms with van der Waals surface area (Å²) in [6.07, 6.45) is -0.937. The summed E-state index contributed by atoms with van der Waals surface area (Å²) in [5.41, 5.74) is 0.620. The van der Waals surface area contributed by atoms with Crippen molar-refractivity contribution < 1.29 is 28.5 Å². The molecule has 0 aliphatic carbocycles. The minimum atomic E-state index is -0.937. The van der Waals surface area contributed by atoms with Gasteiger partial charge < -0.3 is 18.9 Å². The van der Waals surface area contributed by atoms with E-state index in [1.807, 2.05) is 6.07 Å². The van der Waals surface area contributed by atoms with Crippen molar-refractivity contribution in [2.24, 2.45) is 0 Å². The summed E-state index contributed by atoms with van der Waals surface area (Å²) in [5, 5.41) is 0. The third-order valence-corrected chi connectivity index (χ3v) is 3.64. The maximum Gasteiger partial charge on any atom is 0.342 e. The first-order valence-corrected chi connectivity index (χ1v) is 7.62. The predicted octanol–water partition coefficient (Wildman–Crippen LogP) is 3.14. The third kappa shape index (κ3) is 3.91. The van der Waals surface area contributed by atoms with Crippen LogP contribution in [0.15, 0.2) is 42.5 Å². The van der Waals surface area contributed by atoms with E-state index in [2.05, 4.69) is 0 Å². The Morgan fingerprint density at radius 3 is 2.04 bits per heavy atom. The summed E-state index contributed by atoms with van der Waals surface area (Å²) >= 11 is 0. The summed E-state index contributed by atoms with van der Waals surface area (Å²) in [5.74, 6) is -0.0833. The number of carbonyl (C=O) groups excluding carboxylic acids is 2. The molecule has 0 aromatic heterocycles. The Hall–Kier alpha value is -3.02. The molecule has 0 bridgehead atoms. The Kier molecular flexibility index (Phi) is 6.00. The quantitative estimate of drug-likeness (QED) is 0.568. The van der Waals surface area contributed by atoms with E-state index in [0.29, 0.717) is 11.3 Å². The molecule has 0 saturated heterocycles. The molecule has 0 aliphatic heterocycles. The van der Waals surface area contributed by atoms with Crippen LogP contribution in [0.3, 0.4) is 0 Å². The van der Waals surface area contributed by atoms with Crippen LogP contribution < -0.4 is 14.2 Å². The molecule has 1 unspecified atom stereocenters. The van der Waals surface area contributed by atoms with Crippen LogP contribution in [0.25, 0.3) is 0 Å². The van der Waals surface area contributed by atoms with Gasteiger partial charge in [0.15, 0.2) is 17.6 Å². The molecule has 6 nitrogen and oxygen atoms in total. The largest absolute Gasteiger partial charge is 0.493 e. The number of hydrogen-bond acceptors (Lipinski definition) is 6. The lowest BCUT2D eigenvalue weighted by Crippen LogP contribution is -2.24. The first-order chi connectivity index (χ1) is 12.0. The van der Waals surface area contributed by atoms with E-state index in [-0.39, 0.29) is 22.8 Å². The van der Waals surface area contributed by atoms with E-state index < -0.39 is 12.1 Å². The molecule has 0 saturated carbocycles. The number of ketones is 1. The molecule has 0 heterocycles. The molecule has 0 spiro atoms. The Bertz CT molecular complexity index is 754. The van der Waals surface area contributed by atoms with Gasteiger partial charge >= 0.3 is 5.97 Å². The van der Waals surface area contributed by atoms with Crippen molar-refractivity contribution in [3.63, 3.8) is 0 Å². The number of hydrogen-bond donors (Lipinski definition) is 0. The molecule has 0 fully saturated rings. The number of carbonyl (C=O) groups is 2. The highest BCUT2D eigenvalue weighted by molar-refractivity contribution is 6.02. The Balaban J connectivity index is 2.25. The van der Waals surface area contributed by atoms with Crippen LogP contribution in [0.2, 0.25) is 0 Å². The van der Waals surface area contributed by atoms with Gasteiger partial charge in [-0.25, -0.2) is 4.79 Å². The van der Waals surface area contributed by atoms with Crippen molar-refractivity contribution >= 4 is 11.8 Å². The lowest BCUT2D eigenvalue weighted by atomic mass is 10.1. The number of ether oxygens (including phenoxy) is 4. The molecular formula is C19H20O6. The van der Waals surface area contributed by atoms with Crippen LogP contribution in [0.4, 0.5) is 0 Å². The number of esters is 1. The van der Waals surface area contributed by atoms with Gasteiger partial charge in [0.25, 0.3) is 0 Å². The topological polar surface area (TPSA) is 71.1 Å². The molecule has 0 amide bonds. The van der Waals surface area contributed by atoms with Gasteiger partial charge in [-0.3, -0.25) is 4.79 Å². The summed E-state index contributed by atoms with van der Waals surface area (Å²) in [4.78, 5) is 24.8. The number of rotatable bonds is 7. The molecule has 2 aromatic carbocycles. The second kappa shape index (κ2) is 8.19. The van der Waals surface area contributed by atoms with Gasteiger partial charge in [0.05, 0.1) is 21.3 Å². The normalized spacial score (nSPS) is 11.4. The van der Waals surface area contributed by atoms with Gasteiger partial charge in [-0.1, -0.05) is 30.3 Å². The fraction of sp³-hybridized carbons (Fsp3) is 0.263. The molecule has 0 aliphatic rings. The van der Waals surface area contributed by atoms with Gasteiger partial charge in [-0.2, -0.15) is 0 Å². The van der Waals surface area contributed by atoms with Crippen molar-refractivity contribution in [1.29, 1.82) is 0 Å². The van der Waals surface area contributed by atoms with Crippen molar-refractivity contribution in [3.05, 3.63) is 53.6 Å². The van der Waals surface area contributed by atoms with Gasteiger partial charge in [-0.15, -0.1) is 0 Å². The fourth-order valence-electron chi connectivity index (χ4n) is 2.38. The van der Waals surface area contributed by atoms with E-state index in [1.54, 1.807) is 30.3 Å². The molecule has 25 heavy (non-hydrogen) atoms. The smallest absolute Gasteiger partial charge is 0.342 e. The van der Waals surface area contributed by atoms with Crippen molar-refractivity contribution in [2.45, 2.75) is 13.0 Å². The lowest BCUT2D eigenvalue weighted by Gasteiger charge is -2.17. The number of methoxy groups -OCH3 is 3. The maximum absolute atomic E-state index is 12.5. The summed E-state index contributed by atoms with van der Waals surface area (Å²) < 4.78 is 21.0. The van der Waals surface area contributed by atoms with Crippen LogP contribution in [-0.4, -0.2) is 39.2 Å². The van der Waals surface area contributed by atoms with Crippen LogP contribution in [0.5, 0.6) is 17.2 Å². The molecular weight excluding hydrogens is 324 g/mol. The minimum Gasteiger partial charge on any atom is -0.493 e. The van der Waals surface area contributed by atoms with Gasteiger partial charge in [0.1, 0.15) is 5.56 Å². The molecule has 0 radical (unpaired) electrons. The van der Waals surface area contributed by atoms with Crippen molar-refractivity contribution in [1.82, 2.24) is 0 Å². The van der Waals surface area contributed by atoms with Crippen LogP contribution in [-0.2, 0) is 4.74 Å². The van der Waals surface area contributed by atoms with Crippen LogP contribution >= 0.6 is 0 Å². The van der Waals surface area contributed by atoms with E-state index in [0.717, 1.165) is 0 Å². The summed E-state index contributed by atoms with van der Waals surface area (Å²) in [7, 11) is 4.33. The van der Waals surface area contributed by atoms with Gasteiger partial charge in [0, 0.05) is 5.56 Å². The average Bonchev–Trinajstić information content (AvgIpc) is 2.66. The highest BCUT2D eigenvalue weighted by atomic mass is 16.6. The summed E-state index contributed by atoms with van der Waals surface area (Å²) in [6.45, 7) is 1.53. The van der Waals surface area contributed by atoms with E-state index >= 15 is 0 Å². The third-order valence-electron chi connectivity index (χ3n) is 3.64. The van der Waals surface area contributed by atoms with Crippen molar-refractivity contribution in [3.8, 4) is 17.2 Å². The molecule has 2 rings (SSSR count). The number of Topliss-reactive ketones (excluding diaryl/α,β-unsaturated/α-hetero) is 1. The van der Waals surface area contributed by atoms with E-state index in [9.17, 15) is 9.59 Å². The Morgan fingerprint density at radius 1 is 0.840 bits per heavy atom. The molecule has 2 aromatic rings. The van der Waals surface area contributed by atoms with Gasteiger partial charge in [0.2, 0.25) is 11.5 Å². The molecule has 0 N–H and O–H groups in total. The summed E-state index contributed by atoms with van der Waals surface area (Å²) in [6, 6.07) is 11.7. The second-order valence-corrected chi connectivity index (χ2v) is 5.16. The molecule has 132 valence electrons. The molecule has 6 heteroatoms. The monoisotopic (exact) mass is 344 g/mol. The average molecular weight is 344 g/mol. The van der Waals surface area contributed by atoms with Gasteiger partial charge in [-0.05, 0) is 19.1 Å². The van der Waals surface area contributed by atoms with E-state index in [1.165, 1.54) is 34.3 Å². The SMILES string of the molecule is COc1ccc(C(=O)OC(C)C(=O)c2ccccc2)c(OC)c1OC. The predicted molar refractivity (Wildman–Crippen MR) is 91.7 cm³/mol. The van der Waals surface area contributed by atoms with E-state index in [4.69, 9.17) is 18.9 Å². The van der Waals surface area contributed by atoms with Crippen molar-refractivity contribution in [2.75, 3.05) is 21.3 Å². The first-order valence-electron chi connectivity index (χ1n) is 7.62. The highest BCUT2D eigenvalue weighted by Gasteiger charge is 2.25. The maximum atomic E-state index is 12.5. The fourth-order valence-corrected chi connectivity index (χ4v) is 2.38. The lowest BCUT2D eigenvalue weighted by molar-refractivity contribution is 0.0315. The second-order valence-electron chi connectivity index (χ2n) is 5.16. The zero-order chi connectivity index (χ0) is 18.4.